The number of aromatic nitrogens is 1. The van der Waals surface area contributed by atoms with Gasteiger partial charge in [-0.3, -0.25) is 4.79 Å². The van der Waals surface area contributed by atoms with Crippen LogP contribution in [0, 0.1) is 13.8 Å². The number of aryl methyl sites for hydroxylation is 2. The van der Waals surface area contributed by atoms with Crippen molar-refractivity contribution >= 4 is 28.5 Å². The highest BCUT2D eigenvalue weighted by Crippen LogP contribution is 2.20. The molecule has 0 spiro atoms. The van der Waals surface area contributed by atoms with E-state index in [9.17, 15) is 4.79 Å². The average Bonchev–Trinajstić information content (AvgIpc) is 2.76. The molecule has 0 atom stereocenters. The van der Waals surface area contributed by atoms with Crippen molar-refractivity contribution in [3.63, 3.8) is 0 Å². The number of nitrogens with zero attached hydrogens (tertiary/aromatic N) is 1. The van der Waals surface area contributed by atoms with Crippen molar-refractivity contribution in [1.29, 1.82) is 0 Å². The molecule has 2 nitrogen and oxygen atoms in total. The molecular formula is C10H9NOS2. The minimum atomic E-state index is 0.0347. The molecule has 0 aliphatic carbocycles. The van der Waals surface area contributed by atoms with Crippen LogP contribution < -0.4 is 0 Å². The monoisotopic (exact) mass is 223 g/mol. The Hall–Kier alpha value is -1.00. The first-order chi connectivity index (χ1) is 6.68. The van der Waals surface area contributed by atoms with E-state index in [1.165, 1.54) is 22.7 Å². The van der Waals surface area contributed by atoms with Gasteiger partial charge in [0.05, 0.1) is 5.69 Å². The lowest BCUT2D eigenvalue weighted by molar-refractivity contribution is 0.103. The number of hydrogen-bond acceptors (Lipinski definition) is 4. The number of hydrogen-bond donors (Lipinski definition) is 0. The summed E-state index contributed by atoms with van der Waals surface area (Å²) in [5.41, 5.74) is 1.69. The fourth-order valence-corrected chi connectivity index (χ4v) is 2.60. The van der Waals surface area contributed by atoms with Crippen molar-refractivity contribution in [3.8, 4) is 0 Å². The highest BCUT2D eigenvalue weighted by atomic mass is 32.1. The molecule has 2 heterocycles. The third-order valence-corrected chi connectivity index (χ3v) is 3.76. The molecule has 0 amide bonds. The van der Waals surface area contributed by atoms with Gasteiger partial charge < -0.3 is 0 Å². The van der Waals surface area contributed by atoms with Gasteiger partial charge in [0.25, 0.3) is 0 Å². The molecule has 2 aromatic heterocycles. The van der Waals surface area contributed by atoms with E-state index in [1.54, 1.807) is 0 Å². The van der Waals surface area contributed by atoms with E-state index in [0.29, 0.717) is 5.01 Å². The van der Waals surface area contributed by atoms with Crippen LogP contribution in [-0.4, -0.2) is 10.8 Å². The topological polar surface area (TPSA) is 30.0 Å². The summed E-state index contributed by atoms with van der Waals surface area (Å²) in [6.07, 6.45) is 0. The Bertz CT molecular complexity index is 437. The molecule has 0 saturated carbocycles. The summed E-state index contributed by atoms with van der Waals surface area (Å²) in [7, 11) is 0. The van der Waals surface area contributed by atoms with Crippen LogP contribution in [0.4, 0.5) is 0 Å². The third-order valence-electron chi connectivity index (χ3n) is 2.01. The lowest BCUT2D eigenvalue weighted by Gasteiger charge is -1.89. The largest absolute Gasteiger partial charge is 0.286 e. The van der Waals surface area contributed by atoms with Crippen LogP contribution in [-0.2, 0) is 0 Å². The first-order valence-electron chi connectivity index (χ1n) is 4.19. The van der Waals surface area contributed by atoms with Gasteiger partial charge in [0.2, 0.25) is 5.78 Å². The molecule has 0 saturated heterocycles. The minimum Gasteiger partial charge on any atom is -0.286 e. The fourth-order valence-electron chi connectivity index (χ4n) is 1.09. The summed E-state index contributed by atoms with van der Waals surface area (Å²) in [6.45, 7) is 3.91. The van der Waals surface area contributed by atoms with E-state index in [2.05, 4.69) is 4.98 Å². The Morgan fingerprint density at radius 2 is 2.21 bits per heavy atom. The van der Waals surface area contributed by atoms with Crippen LogP contribution in [0.25, 0.3) is 0 Å². The SMILES string of the molecule is Cc1nc(C(=O)c2ccsc2)sc1C. The Morgan fingerprint density at radius 3 is 2.71 bits per heavy atom. The number of rotatable bonds is 2. The standard InChI is InChI=1S/C10H9NOS2/c1-6-7(2)14-10(11-6)9(12)8-3-4-13-5-8/h3-5H,1-2H3. The van der Waals surface area contributed by atoms with Crippen molar-refractivity contribution in [3.05, 3.63) is 38.0 Å². The summed E-state index contributed by atoms with van der Waals surface area (Å²) < 4.78 is 0. The zero-order valence-electron chi connectivity index (χ0n) is 7.90. The molecule has 0 radical (unpaired) electrons. The zero-order chi connectivity index (χ0) is 10.1. The van der Waals surface area contributed by atoms with Crippen LogP contribution in [0.15, 0.2) is 16.8 Å². The highest BCUT2D eigenvalue weighted by Gasteiger charge is 2.14. The molecule has 0 fully saturated rings. The highest BCUT2D eigenvalue weighted by molar-refractivity contribution is 7.14. The summed E-state index contributed by atoms with van der Waals surface area (Å²) in [5.74, 6) is 0.0347. The van der Waals surface area contributed by atoms with E-state index in [0.717, 1.165) is 16.1 Å². The van der Waals surface area contributed by atoms with E-state index < -0.39 is 0 Å². The summed E-state index contributed by atoms with van der Waals surface area (Å²) in [4.78, 5) is 17.2. The van der Waals surface area contributed by atoms with E-state index >= 15 is 0 Å². The number of thiophene rings is 1. The molecule has 2 aromatic rings. The normalized spacial score (nSPS) is 10.4. The molecular weight excluding hydrogens is 214 g/mol. The van der Waals surface area contributed by atoms with Crippen LogP contribution >= 0.6 is 22.7 Å². The van der Waals surface area contributed by atoms with Crippen molar-refractivity contribution in [1.82, 2.24) is 4.98 Å². The molecule has 2 rings (SSSR count). The molecule has 14 heavy (non-hydrogen) atoms. The van der Waals surface area contributed by atoms with E-state index in [4.69, 9.17) is 0 Å². The number of thiazole rings is 1. The van der Waals surface area contributed by atoms with Crippen LogP contribution in [0.5, 0.6) is 0 Å². The first-order valence-corrected chi connectivity index (χ1v) is 5.95. The Kier molecular flexibility index (Phi) is 2.48. The molecule has 0 unspecified atom stereocenters. The Morgan fingerprint density at radius 1 is 1.43 bits per heavy atom. The van der Waals surface area contributed by atoms with E-state index in [1.807, 2.05) is 30.7 Å². The van der Waals surface area contributed by atoms with Crippen molar-refractivity contribution in [2.24, 2.45) is 0 Å². The third kappa shape index (κ3) is 1.63. The van der Waals surface area contributed by atoms with Gasteiger partial charge in [-0.05, 0) is 25.3 Å². The fraction of sp³-hybridized carbons (Fsp3) is 0.200. The molecule has 0 bridgehead atoms. The maximum absolute atomic E-state index is 11.8. The summed E-state index contributed by atoms with van der Waals surface area (Å²) in [5, 5.41) is 4.35. The van der Waals surface area contributed by atoms with Crippen LogP contribution in [0.1, 0.15) is 25.9 Å². The average molecular weight is 223 g/mol. The van der Waals surface area contributed by atoms with Gasteiger partial charge in [-0.2, -0.15) is 11.3 Å². The lowest BCUT2D eigenvalue weighted by Crippen LogP contribution is -1.98. The number of ketones is 1. The molecule has 0 aliphatic heterocycles. The molecule has 0 aliphatic rings. The molecule has 0 N–H and O–H groups in total. The van der Waals surface area contributed by atoms with Gasteiger partial charge in [0, 0.05) is 15.8 Å². The lowest BCUT2D eigenvalue weighted by atomic mass is 10.2. The Balaban J connectivity index is 2.37. The van der Waals surface area contributed by atoms with Crippen LogP contribution in [0.3, 0.4) is 0 Å². The van der Waals surface area contributed by atoms with Gasteiger partial charge in [0.1, 0.15) is 0 Å². The first kappa shape index (κ1) is 9.55. The molecule has 4 heteroatoms. The second kappa shape index (κ2) is 3.63. The maximum atomic E-state index is 11.8. The molecule has 0 aromatic carbocycles. The number of carbonyl (C=O) groups excluding carboxylic acids is 1. The second-order valence-corrected chi connectivity index (χ2v) is 4.98. The minimum absolute atomic E-state index is 0.0347. The molecule has 72 valence electrons. The summed E-state index contributed by atoms with van der Waals surface area (Å²) >= 11 is 2.99. The van der Waals surface area contributed by atoms with Crippen molar-refractivity contribution in [2.45, 2.75) is 13.8 Å². The second-order valence-electron chi connectivity index (χ2n) is 3.00. The van der Waals surface area contributed by atoms with Gasteiger partial charge in [-0.1, -0.05) is 0 Å². The zero-order valence-corrected chi connectivity index (χ0v) is 9.54. The Labute approximate surface area is 90.2 Å². The van der Waals surface area contributed by atoms with E-state index in [-0.39, 0.29) is 5.78 Å². The van der Waals surface area contributed by atoms with Crippen molar-refractivity contribution < 1.29 is 4.79 Å². The predicted molar refractivity (Wildman–Crippen MR) is 59.3 cm³/mol. The summed E-state index contributed by atoms with van der Waals surface area (Å²) in [6, 6.07) is 1.83. The van der Waals surface area contributed by atoms with Gasteiger partial charge in [-0.25, -0.2) is 4.98 Å². The van der Waals surface area contributed by atoms with Gasteiger partial charge >= 0.3 is 0 Å². The van der Waals surface area contributed by atoms with Gasteiger partial charge in [-0.15, -0.1) is 11.3 Å². The predicted octanol–water partition coefficient (Wildman–Crippen LogP) is 3.05. The van der Waals surface area contributed by atoms with Gasteiger partial charge in [0.15, 0.2) is 5.01 Å². The quantitative estimate of drug-likeness (QED) is 0.732. The smallest absolute Gasteiger partial charge is 0.222 e. The maximum Gasteiger partial charge on any atom is 0.222 e. The van der Waals surface area contributed by atoms with Crippen LogP contribution in [0.2, 0.25) is 0 Å². The number of carbonyl (C=O) groups is 1. The van der Waals surface area contributed by atoms with Crippen molar-refractivity contribution in [2.75, 3.05) is 0 Å².